The zero-order chi connectivity index (χ0) is 12.3. The first-order valence-corrected chi connectivity index (χ1v) is 5.45. The van der Waals surface area contributed by atoms with Crippen LogP contribution in [0.4, 0.5) is 4.39 Å². The molecule has 0 N–H and O–H groups in total. The summed E-state index contributed by atoms with van der Waals surface area (Å²) >= 11 is 5.69. The molecule has 1 atom stereocenters. The summed E-state index contributed by atoms with van der Waals surface area (Å²) in [4.78, 5) is 11.6. The minimum Gasteiger partial charge on any atom is -0.459 e. The van der Waals surface area contributed by atoms with Crippen molar-refractivity contribution >= 4 is 17.6 Å². The van der Waals surface area contributed by atoms with Crippen molar-refractivity contribution in [3.8, 4) is 0 Å². The second-order valence-electron chi connectivity index (χ2n) is 3.98. The van der Waals surface area contributed by atoms with Gasteiger partial charge >= 0.3 is 5.97 Å². The van der Waals surface area contributed by atoms with Crippen molar-refractivity contribution in [2.75, 3.05) is 0 Å². The Morgan fingerprint density at radius 1 is 1.38 bits per heavy atom. The quantitative estimate of drug-likeness (QED) is 0.758. The Bertz CT molecular complexity index is 391. The molecule has 1 aromatic carbocycles. The van der Waals surface area contributed by atoms with E-state index < -0.39 is 11.8 Å². The topological polar surface area (TPSA) is 26.3 Å². The lowest BCUT2D eigenvalue weighted by molar-refractivity contribution is 0.0233. The van der Waals surface area contributed by atoms with Gasteiger partial charge in [-0.15, -0.1) is 0 Å². The van der Waals surface area contributed by atoms with Crippen LogP contribution in [0.2, 0.25) is 5.02 Å². The molecule has 0 bridgehead atoms. The van der Waals surface area contributed by atoms with Gasteiger partial charge in [0.1, 0.15) is 11.9 Å². The third kappa shape index (κ3) is 3.20. The molecule has 0 saturated carbocycles. The molecule has 0 aliphatic heterocycles. The molecule has 0 heterocycles. The van der Waals surface area contributed by atoms with Crippen LogP contribution in [0.25, 0.3) is 0 Å². The van der Waals surface area contributed by atoms with E-state index in [1.54, 1.807) is 6.92 Å². The van der Waals surface area contributed by atoms with Gasteiger partial charge in [0.05, 0.1) is 5.56 Å². The molecule has 0 aromatic heterocycles. The first kappa shape index (κ1) is 13.0. The first-order chi connectivity index (χ1) is 7.41. The number of hydrogen-bond acceptors (Lipinski definition) is 2. The average Bonchev–Trinajstić information content (AvgIpc) is 2.21. The van der Waals surface area contributed by atoms with Crippen molar-refractivity contribution in [1.82, 2.24) is 0 Å². The molecule has 0 saturated heterocycles. The monoisotopic (exact) mass is 244 g/mol. The van der Waals surface area contributed by atoms with Crippen molar-refractivity contribution in [3.05, 3.63) is 34.6 Å². The lowest BCUT2D eigenvalue weighted by atomic mass is 10.1. The molecule has 0 aliphatic carbocycles. The van der Waals surface area contributed by atoms with Gasteiger partial charge in [-0.2, -0.15) is 0 Å². The van der Waals surface area contributed by atoms with Crippen LogP contribution in [-0.4, -0.2) is 12.1 Å². The normalized spacial score (nSPS) is 12.6. The number of hydrogen-bond donors (Lipinski definition) is 0. The SMILES string of the molecule is CC(C)C(C)OC(=O)c1cc(Cl)ccc1F. The minimum absolute atomic E-state index is 0.125. The Hall–Kier alpha value is -1.09. The Balaban J connectivity index is 2.84. The summed E-state index contributed by atoms with van der Waals surface area (Å²) < 4.78 is 18.4. The zero-order valence-electron chi connectivity index (χ0n) is 9.46. The molecule has 1 aromatic rings. The van der Waals surface area contributed by atoms with E-state index in [-0.39, 0.29) is 17.6 Å². The maximum absolute atomic E-state index is 13.3. The van der Waals surface area contributed by atoms with E-state index in [9.17, 15) is 9.18 Å². The molecular formula is C12H14ClFO2. The summed E-state index contributed by atoms with van der Waals surface area (Å²) in [6.45, 7) is 5.61. The van der Waals surface area contributed by atoms with Crippen LogP contribution < -0.4 is 0 Å². The molecule has 0 amide bonds. The maximum Gasteiger partial charge on any atom is 0.341 e. The van der Waals surface area contributed by atoms with Gasteiger partial charge in [0.15, 0.2) is 0 Å². The Kier molecular flexibility index (Phi) is 4.30. The van der Waals surface area contributed by atoms with Crippen molar-refractivity contribution < 1.29 is 13.9 Å². The third-order valence-electron chi connectivity index (χ3n) is 2.38. The van der Waals surface area contributed by atoms with E-state index in [2.05, 4.69) is 0 Å². The summed E-state index contributed by atoms with van der Waals surface area (Å²) in [5.74, 6) is -1.11. The molecule has 0 fully saturated rings. The molecule has 0 spiro atoms. The lowest BCUT2D eigenvalue weighted by Crippen LogP contribution is -2.20. The van der Waals surface area contributed by atoms with Gasteiger partial charge in [0.25, 0.3) is 0 Å². The van der Waals surface area contributed by atoms with Gasteiger partial charge in [-0.25, -0.2) is 9.18 Å². The molecule has 0 radical (unpaired) electrons. The van der Waals surface area contributed by atoms with Crippen LogP contribution in [-0.2, 0) is 4.74 Å². The fraction of sp³-hybridized carbons (Fsp3) is 0.417. The zero-order valence-corrected chi connectivity index (χ0v) is 10.2. The predicted molar refractivity (Wildman–Crippen MR) is 61.1 cm³/mol. The van der Waals surface area contributed by atoms with Crippen molar-refractivity contribution in [1.29, 1.82) is 0 Å². The number of halogens is 2. The maximum atomic E-state index is 13.3. The fourth-order valence-electron chi connectivity index (χ4n) is 1.02. The standard InChI is InChI=1S/C12H14ClFO2/c1-7(2)8(3)16-12(15)10-6-9(13)4-5-11(10)14/h4-8H,1-3H3. The van der Waals surface area contributed by atoms with E-state index in [4.69, 9.17) is 16.3 Å². The Morgan fingerprint density at radius 2 is 2.00 bits per heavy atom. The smallest absolute Gasteiger partial charge is 0.341 e. The van der Waals surface area contributed by atoms with Gasteiger partial charge in [0.2, 0.25) is 0 Å². The van der Waals surface area contributed by atoms with E-state index in [0.717, 1.165) is 6.07 Å². The van der Waals surface area contributed by atoms with Crippen molar-refractivity contribution in [3.63, 3.8) is 0 Å². The van der Waals surface area contributed by atoms with Crippen molar-refractivity contribution in [2.24, 2.45) is 5.92 Å². The molecule has 16 heavy (non-hydrogen) atoms. The highest BCUT2D eigenvalue weighted by Crippen LogP contribution is 2.17. The summed E-state index contributed by atoms with van der Waals surface area (Å²) in [5.41, 5.74) is -0.125. The summed E-state index contributed by atoms with van der Waals surface area (Å²) in [5, 5.41) is 0.311. The highest BCUT2D eigenvalue weighted by atomic mass is 35.5. The predicted octanol–water partition coefficient (Wildman–Crippen LogP) is 3.68. The highest BCUT2D eigenvalue weighted by molar-refractivity contribution is 6.30. The number of carbonyl (C=O) groups excluding carboxylic acids is 1. The molecule has 0 aliphatic rings. The molecule has 2 nitrogen and oxygen atoms in total. The molecule has 4 heteroatoms. The first-order valence-electron chi connectivity index (χ1n) is 5.08. The van der Waals surface area contributed by atoms with E-state index >= 15 is 0 Å². The van der Waals surface area contributed by atoms with Gasteiger partial charge in [-0.1, -0.05) is 25.4 Å². The molecule has 1 rings (SSSR count). The third-order valence-corrected chi connectivity index (χ3v) is 2.62. The van der Waals surface area contributed by atoms with Crippen LogP contribution >= 0.6 is 11.6 Å². The van der Waals surface area contributed by atoms with Gasteiger partial charge < -0.3 is 4.74 Å². The molecule has 1 unspecified atom stereocenters. The van der Waals surface area contributed by atoms with Crippen LogP contribution in [0.15, 0.2) is 18.2 Å². The van der Waals surface area contributed by atoms with Crippen LogP contribution in [0.3, 0.4) is 0 Å². The van der Waals surface area contributed by atoms with E-state index in [1.807, 2.05) is 13.8 Å². The Labute approximate surface area is 99.4 Å². The number of benzene rings is 1. The fourth-order valence-corrected chi connectivity index (χ4v) is 1.19. The average molecular weight is 245 g/mol. The summed E-state index contributed by atoms with van der Waals surface area (Å²) in [6, 6.07) is 3.81. The number of ether oxygens (including phenoxy) is 1. The van der Waals surface area contributed by atoms with Crippen LogP contribution in [0, 0.1) is 11.7 Å². The van der Waals surface area contributed by atoms with Gasteiger partial charge in [-0.3, -0.25) is 0 Å². The van der Waals surface area contributed by atoms with Crippen molar-refractivity contribution in [2.45, 2.75) is 26.9 Å². The summed E-state index contributed by atoms with van der Waals surface area (Å²) in [6.07, 6.45) is -0.258. The van der Waals surface area contributed by atoms with Gasteiger partial charge in [-0.05, 0) is 31.0 Å². The number of rotatable bonds is 3. The molecular weight excluding hydrogens is 231 g/mol. The number of carbonyl (C=O) groups is 1. The minimum atomic E-state index is -0.679. The van der Waals surface area contributed by atoms with Crippen LogP contribution in [0.5, 0.6) is 0 Å². The van der Waals surface area contributed by atoms with E-state index in [1.165, 1.54) is 12.1 Å². The Morgan fingerprint density at radius 3 is 2.56 bits per heavy atom. The molecule has 88 valence electrons. The van der Waals surface area contributed by atoms with Crippen LogP contribution in [0.1, 0.15) is 31.1 Å². The highest BCUT2D eigenvalue weighted by Gasteiger charge is 2.18. The largest absolute Gasteiger partial charge is 0.459 e. The second-order valence-corrected chi connectivity index (χ2v) is 4.42. The number of esters is 1. The van der Waals surface area contributed by atoms with E-state index in [0.29, 0.717) is 5.02 Å². The summed E-state index contributed by atoms with van der Waals surface area (Å²) in [7, 11) is 0. The van der Waals surface area contributed by atoms with Gasteiger partial charge in [0, 0.05) is 5.02 Å². The second kappa shape index (κ2) is 5.30. The lowest BCUT2D eigenvalue weighted by Gasteiger charge is -2.16.